The van der Waals surface area contributed by atoms with Crippen LogP contribution in [-0.4, -0.2) is 58.4 Å². The van der Waals surface area contributed by atoms with Crippen LogP contribution in [0.4, 0.5) is 0 Å². The molecule has 10 nitrogen and oxygen atoms in total. The van der Waals surface area contributed by atoms with Gasteiger partial charge in [0.15, 0.2) is 0 Å². The first kappa shape index (κ1) is 18.6. The van der Waals surface area contributed by atoms with Gasteiger partial charge < -0.3 is 24.8 Å². The van der Waals surface area contributed by atoms with Crippen molar-refractivity contribution in [1.82, 2.24) is 0 Å². The van der Waals surface area contributed by atoms with Crippen molar-refractivity contribution in [2.45, 2.75) is 6.92 Å². The molecule has 0 heterocycles. The molecular formula is C14H12O10. The molecule has 0 unspecified atom stereocenters. The van der Waals surface area contributed by atoms with E-state index in [0.29, 0.717) is 12.1 Å². The Hall–Kier alpha value is -3.43. The van der Waals surface area contributed by atoms with Crippen molar-refractivity contribution < 1.29 is 48.8 Å². The van der Waals surface area contributed by atoms with Crippen LogP contribution in [0.1, 0.15) is 48.4 Å². The molecule has 0 amide bonds. The van der Waals surface area contributed by atoms with E-state index in [1.807, 2.05) is 0 Å². The van der Waals surface area contributed by atoms with Crippen molar-refractivity contribution in [3.8, 4) is 0 Å². The average Bonchev–Trinajstić information content (AvgIpc) is 2.49. The van der Waals surface area contributed by atoms with Gasteiger partial charge in [-0.3, -0.25) is 4.79 Å². The highest BCUT2D eigenvalue weighted by Gasteiger charge is 2.26. The van der Waals surface area contributed by atoms with E-state index in [1.54, 1.807) is 0 Å². The summed E-state index contributed by atoms with van der Waals surface area (Å²) in [7, 11) is 0. The fourth-order valence-electron chi connectivity index (χ4n) is 1.70. The summed E-state index contributed by atoms with van der Waals surface area (Å²) >= 11 is 0. The third kappa shape index (κ3) is 4.53. The maximum atomic E-state index is 11.9. The molecule has 0 radical (unpaired) electrons. The normalized spacial score (nSPS) is 9.88. The number of carboxylic acid groups (broad SMARTS) is 3. The van der Waals surface area contributed by atoms with Crippen LogP contribution >= 0.6 is 0 Å². The summed E-state index contributed by atoms with van der Waals surface area (Å²) < 4.78 is 9.20. The smallest absolute Gasteiger partial charge is 0.339 e. The topological polar surface area (TPSA) is 164 Å². The van der Waals surface area contributed by atoms with Gasteiger partial charge in [0.05, 0.1) is 22.3 Å². The molecule has 128 valence electrons. The van der Waals surface area contributed by atoms with Crippen LogP contribution in [0.2, 0.25) is 0 Å². The zero-order chi connectivity index (χ0) is 18.4. The van der Waals surface area contributed by atoms with Crippen molar-refractivity contribution in [2.75, 3.05) is 13.2 Å². The van der Waals surface area contributed by atoms with Crippen molar-refractivity contribution >= 4 is 29.8 Å². The van der Waals surface area contributed by atoms with Crippen LogP contribution in [-0.2, 0) is 14.3 Å². The maximum absolute atomic E-state index is 11.9. The lowest BCUT2D eigenvalue weighted by Gasteiger charge is -2.10. The number of carbonyl (C=O) groups excluding carboxylic acids is 2. The number of hydrogen-bond donors (Lipinski definition) is 3. The number of hydrogen-bond acceptors (Lipinski definition) is 7. The predicted octanol–water partition coefficient (Wildman–Crippen LogP) is 0.501. The maximum Gasteiger partial charge on any atom is 0.339 e. The van der Waals surface area contributed by atoms with Crippen molar-refractivity contribution in [2.24, 2.45) is 0 Å². The molecule has 0 aliphatic heterocycles. The monoisotopic (exact) mass is 340 g/mol. The Morgan fingerprint density at radius 3 is 1.54 bits per heavy atom. The van der Waals surface area contributed by atoms with E-state index in [4.69, 9.17) is 15.3 Å². The second kappa shape index (κ2) is 7.72. The van der Waals surface area contributed by atoms with Gasteiger partial charge >= 0.3 is 29.8 Å². The SMILES string of the molecule is CC(=O)OCCOC(=O)c1cc(C(=O)O)c(C(=O)O)cc1C(=O)O. The molecular weight excluding hydrogens is 328 g/mol. The molecule has 1 aromatic rings. The van der Waals surface area contributed by atoms with E-state index in [0.717, 1.165) is 6.92 Å². The van der Waals surface area contributed by atoms with Gasteiger partial charge in [-0.1, -0.05) is 0 Å². The van der Waals surface area contributed by atoms with E-state index in [2.05, 4.69) is 9.47 Å². The lowest BCUT2D eigenvalue weighted by atomic mass is 9.98. The molecule has 0 spiro atoms. The van der Waals surface area contributed by atoms with Crippen molar-refractivity contribution in [3.63, 3.8) is 0 Å². The van der Waals surface area contributed by atoms with Crippen LogP contribution < -0.4 is 0 Å². The Labute approximate surface area is 134 Å². The molecule has 0 bridgehead atoms. The number of rotatable bonds is 7. The Kier molecular flexibility index (Phi) is 5.99. The van der Waals surface area contributed by atoms with Crippen LogP contribution in [0.5, 0.6) is 0 Å². The van der Waals surface area contributed by atoms with E-state index in [1.165, 1.54) is 0 Å². The molecule has 0 aliphatic rings. The number of esters is 2. The highest BCUT2D eigenvalue weighted by molar-refractivity contribution is 6.09. The zero-order valence-corrected chi connectivity index (χ0v) is 12.3. The van der Waals surface area contributed by atoms with Crippen molar-refractivity contribution in [1.29, 1.82) is 0 Å². The summed E-state index contributed by atoms with van der Waals surface area (Å²) in [6, 6.07) is 1.18. The molecule has 0 saturated heterocycles. The number of carbonyl (C=O) groups is 5. The average molecular weight is 340 g/mol. The standard InChI is InChI=1S/C14H12O10/c1-6(15)23-2-3-24-14(22)10-5-8(12(18)19)7(11(16)17)4-9(10)13(20)21/h4-5H,2-3H2,1H3,(H,16,17)(H,18,19)(H,20,21). The number of ether oxygens (including phenoxy) is 2. The first-order valence-electron chi connectivity index (χ1n) is 6.33. The highest BCUT2D eigenvalue weighted by Crippen LogP contribution is 2.19. The first-order valence-corrected chi connectivity index (χ1v) is 6.33. The minimum absolute atomic E-state index is 0.275. The van der Waals surface area contributed by atoms with E-state index < -0.39 is 52.1 Å². The second-order valence-corrected chi connectivity index (χ2v) is 4.33. The van der Waals surface area contributed by atoms with Gasteiger partial charge in [-0.25, -0.2) is 19.2 Å². The van der Waals surface area contributed by atoms with Gasteiger partial charge in [-0.15, -0.1) is 0 Å². The van der Waals surface area contributed by atoms with Crippen LogP contribution in [0.3, 0.4) is 0 Å². The molecule has 0 atom stereocenters. The summed E-state index contributed by atoms with van der Waals surface area (Å²) in [6.45, 7) is 0.469. The summed E-state index contributed by atoms with van der Waals surface area (Å²) in [6.07, 6.45) is 0. The van der Waals surface area contributed by atoms with E-state index >= 15 is 0 Å². The Bertz CT molecular complexity index is 719. The molecule has 0 saturated carbocycles. The minimum atomic E-state index is -1.66. The van der Waals surface area contributed by atoms with Gasteiger partial charge in [-0.2, -0.15) is 0 Å². The number of aromatic carboxylic acids is 3. The number of carboxylic acids is 3. The third-order valence-electron chi connectivity index (χ3n) is 2.69. The minimum Gasteiger partial charge on any atom is -0.478 e. The molecule has 0 fully saturated rings. The molecule has 0 aromatic heterocycles. The van der Waals surface area contributed by atoms with Gasteiger partial charge in [0.1, 0.15) is 13.2 Å². The van der Waals surface area contributed by atoms with Crippen LogP contribution in [0.15, 0.2) is 12.1 Å². The van der Waals surface area contributed by atoms with Crippen molar-refractivity contribution in [3.05, 3.63) is 34.4 Å². The predicted molar refractivity (Wildman–Crippen MR) is 74.2 cm³/mol. The van der Waals surface area contributed by atoms with Crippen LogP contribution in [0.25, 0.3) is 0 Å². The van der Waals surface area contributed by atoms with E-state index in [-0.39, 0.29) is 13.2 Å². The van der Waals surface area contributed by atoms with E-state index in [9.17, 15) is 24.0 Å². The summed E-state index contributed by atoms with van der Waals surface area (Å²) in [5, 5.41) is 27.0. The van der Waals surface area contributed by atoms with Gasteiger partial charge in [0, 0.05) is 6.92 Å². The summed E-state index contributed by atoms with van der Waals surface area (Å²) in [5.41, 5.74) is -2.90. The summed E-state index contributed by atoms with van der Waals surface area (Å²) in [4.78, 5) is 55.8. The van der Waals surface area contributed by atoms with Crippen LogP contribution in [0, 0.1) is 0 Å². The fraction of sp³-hybridized carbons (Fsp3) is 0.214. The highest BCUT2D eigenvalue weighted by atomic mass is 16.6. The van der Waals surface area contributed by atoms with Gasteiger partial charge in [0.2, 0.25) is 0 Å². The Morgan fingerprint density at radius 2 is 1.12 bits per heavy atom. The fourth-order valence-corrected chi connectivity index (χ4v) is 1.70. The lowest BCUT2D eigenvalue weighted by molar-refractivity contribution is -0.142. The summed E-state index contributed by atoms with van der Waals surface area (Å²) in [5.74, 6) is -6.76. The first-order chi connectivity index (χ1) is 11.1. The van der Waals surface area contributed by atoms with Gasteiger partial charge in [0.25, 0.3) is 0 Å². The molecule has 1 aromatic carbocycles. The second-order valence-electron chi connectivity index (χ2n) is 4.33. The molecule has 24 heavy (non-hydrogen) atoms. The molecule has 3 N–H and O–H groups in total. The van der Waals surface area contributed by atoms with Gasteiger partial charge in [-0.05, 0) is 12.1 Å². The lowest BCUT2D eigenvalue weighted by Crippen LogP contribution is -2.18. The number of benzene rings is 1. The molecule has 10 heteroatoms. The third-order valence-corrected chi connectivity index (χ3v) is 2.69. The molecule has 1 rings (SSSR count). The largest absolute Gasteiger partial charge is 0.478 e. The Morgan fingerprint density at radius 1 is 0.750 bits per heavy atom. The Balaban J connectivity index is 3.20. The quantitative estimate of drug-likeness (QED) is 0.470. The zero-order valence-electron chi connectivity index (χ0n) is 12.3. The molecule has 0 aliphatic carbocycles.